The fourth-order valence-corrected chi connectivity index (χ4v) is 1.25. The van der Waals surface area contributed by atoms with Crippen LogP contribution in [0.25, 0.3) is 0 Å². The molecule has 1 rings (SSSR count). The minimum Gasteiger partial charge on any atom is -0.387 e. The van der Waals surface area contributed by atoms with E-state index in [2.05, 4.69) is 0 Å². The predicted octanol–water partition coefficient (Wildman–Crippen LogP) is 1.86. The van der Waals surface area contributed by atoms with E-state index in [4.69, 9.17) is 17.3 Å². The Labute approximate surface area is 81.1 Å². The molecule has 0 aliphatic rings. The van der Waals surface area contributed by atoms with Crippen molar-refractivity contribution in [2.75, 3.05) is 0 Å². The van der Waals surface area contributed by atoms with E-state index in [9.17, 15) is 9.50 Å². The summed E-state index contributed by atoms with van der Waals surface area (Å²) in [5.74, 6) is -0.431. The van der Waals surface area contributed by atoms with Crippen LogP contribution in [-0.2, 0) is 0 Å². The van der Waals surface area contributed by atoms with Crippen molar-refractivity contribution in [3.05, 3.63) is 34.6 Å². The maximum atomic E-state index is 12.8. The Morgan fingerprint density at radius 3 is 2.69 bits per heavy atom. The van der Waals surface area contributed by atoms with Gasteiger partial charge in [0.05, 0.1) is 6.10 Å². The Morgan fingerprint density at radius 1 is 1.54 bits per heavy atom. The normalized spacial score (nSPS) is 15.5. The number of hydrogen-bond acceptors (Lipinski definition) is 2. The molecule has 0 fully saturated rings. The van der Waals surface area contributed by atoms with Crippen molar-refractivity contribution in [1.29, 1.82) is 0 Å². The summed E-state index contributed by atoms with van der Waals surface area (Å²) in [4.78, 5) is 0. The first-order valence-electron chi connectivity index (χ1n) is 3.91. The van der Waals surface area contributed by atoms with E-state index in [1.165, 1.54) is 18.2 Å². The molecular weight excluding hydrogens is 193 g/mol. The number of nitrogens with two attached hydrogens (primary N) is 1. The highest BCUT2D eigenvalue weighted by Crippen LogP contribution is 2.25. The molecule has 13 heavy (non-hydrogen) atoms. The minimum absolute atomic E-state index is 0.325. The summed E-state index contributed by atoms with van der Waals surface area (Å²) in [5.41, 5.74) is 5.79. The molecule has 0 amide bonds. The Balaban J connectivity index is 3.05. The predicted molar refractivity (Wildman–Crippen MR) is 50.0 cm³/mol. The second-order valence-corrected chi connectivity index (χ2v) is 3.38. The molecule has 1 aromatic carbocycles. The van der Waals surface area contributed by atoms with Crippen LogP contribution in [0, 0.1) is 5.82 Å². The van der Waals surface area contributed by atoms with Crippen molar-refractivity contribution < 1.29 is 9.50 Å². The Morgan fingerprint density at radius 2 is 2.15 bits per heavy atom. The molecule has 4 heteroatoms. The topological polar surface area (TPSA) is 46.2 Å². The standard InChI is InChI=1S/C9H11ClFNO/c1-5(12)9(13)7-4-6(11)2-3-8(7)10/h2-5,9,13H,12H2,1H3. The van der Waals surface area contributed by atoms with Crippen molar-refractivity contribution in [2.45, 2.75) is 19.1 Å². The quantitative estimate of drug-likeness (QED) is 0.771. The maximum Gasteiger partial charge on any atom is 0.123 e. The highest BCUT2D eigenvalue weighted by molar-refractivity contribution is 6.31. The summed E-state index contributed by atoms with van der Waals surface area (Å²) in [5, 5.41) is 9.85. The summed E-state index contributed by atoms with van der Waals surface area (Å²) in [6.07, 6.45) is -0.928. The number of halogens is 2. The summed E-state index contributed by atoms with van der Waals surface area (Å²) in [6.45, 7) is 1.63. The molecule has 0 aliphatic heterocycles. The van der Waals surface area contributed by atoms with Gasteiger partial charge in [-0.15, -0.1) is 0 Å². The van der Waals surface area contributed by atoms with Crippen molar-refractivity contribution >= 4 is 11.6 Å². The van der Waals surface area contributed by atoms with Gasteiger partial charge >= 0.3 is 0 Å². The Bertz CT molecular complexity index is 304. The molecule has 2 unspecified atom stereocenters. The highest BCUT2D eigenvalue weighted by atomic mass is 35.5. The number of aliphatic hydroxyl groups excluding tert-OH is 1. The van der Waals surface area contributed by atoms with Crippen molar-refractivity contribution in [2.24, 2.45) is 5.73 Å². The molecule has 0 radical (unpaired) electrons. The third-order valence-corrected chi connectivity index (χ3v) is 2.12. The third kappa shape index (κ3) is 2.40. The first-order valence-corrected chi connectivity index (χ1v) is 4.28. The molecule has 0 aliphatic carbocycles. The van der Waals surface area contributed by atoms with Gasteiger partial charge in [0.1, 0.15) is 5.82 Å². The zero-order chi connectivity index (χ0) is 10.0. The summed E-state index contributed by atoms with van der Waals surface area (Å²) in [6, 6.07) is 3.35. The molecule has 3 N–H and O–H groups in total. The lowest BCUT2D eigenvalue weighted by atomic mass is 10.0. The first-order chi connectivity index (χ1) is 6.02. The second-order valence-electron chi connectivity index (χ2n) is 2.97. The molecule has 0 saturated heterocycles. The fourth-order valence-electron chi connectivity index (χ4n) is 1.02. The van der Waals surface area contributed by atoms with E-state index in [0.29, 0.717) is 10.6 Å². The molecular formula is C9H11ClFNO. The Hall–Kier alpha value is -0.640. The van der Waals surface area contributed by atoms with E-state index in [1.54, 1.807) is 6.92 Å². The van der Waals surface area contributed by atoms with Crippen LogP contribution in [-0.4, -0.2) is 11.1 Å². The third-order valence-electron chi connectivity index (χ3n) is 1.77. The average Bonchev–Trinajstić information content (AvgIpc) is 2.08. The second kappa shape index (κ2) is 4.05. The number of rotatable bonds is 2. The fraction of sp³-hybridized carbons (Fsp3) is 0.333. The zero-order valence-corrected chi connectivity index (χ0v) is 7.92. The van der Waals surface area contributed by atoms with Gasteiger partial charge in [0.2, 0.25) is 0 Å². The van der Waals surface area contributed by atoms with Gasteiger partial charge in [0, 0.05) is 16.6 Å². The van der Waals surface area contributed by atoms with Gasteiger partial charge in [-0.25, -0.2) is 4.39 Å². The SMILES string of the molecule is CC(N)C(O)c1cc(F)ccc1Cl. The van der Waals surface area contributed by atoms with Crippen LogP contribution >= 0.6 is 11.6 Å². The molecule has 1 aromatic rings. The van der Waals surface area contributed by atoms with Crippen molar-refractivity contribution in [1.82, 2.24) is 0 Å². The smallest absolute Gasteiger partial charge is 0.123 e. The van der Waals surface area contributed by atoms with Gasteiger partial charge in [-0.1, -0.05) is 11.6 Å². The molecule has 0 heterocycles. The van der Waals surface area contributed by atoms with Gasteiger partial charge in [-0.3, -0.25) is 0 Å². The molecule has 2 atom stereocenters. The Kier molecular flexibility index (Phi) is 3.25. The summed E-state index contributed by atoms with van der Waals surface area (Å²) >= 11 is 5.75. The van der Waals surface area contributed by atoms with Gasteiger partial charge in [0.15, 0.2) is 0 Å². The van der Waals surface area contributed by atoms with Crippen LogP contribution in [0.3, 0.4) is 0 Å². The van der Waals surface area contributed by atoms with E-state index in [-0.39, 0.29) is 0 Å². The number of aliphatic hydroxyl groups is 1. The molecule has 0 aromatic heterocycles. The molecule has 0 bridgehead atoms. The van der Waals surface area contributed by atoms with Crippen LogP contribution in [0.2, 0.25) is 5.02 Å². The zero-order valence-electron chi connectivity index (χ0n) is 7.17. The van der Waals surface area contributed by atoms with E-state index in [1.807, 2.05) is 0 Å². The highest BCUT2D eigenvalue weighted by Gasteiger charge is 2.16. The number of benzene rings is 1. The average molecular weight is 204 g/mol. The van der Waals surface area contributed by atoms with Gasteiger partial charge < -0.3 is 10.8 Å². The van der Waals surface area contributed by atoms with Crippen molar-refractivity contribution in [3.63, 3.8) is 0 Å². The minimum atomic E-state index is -0.928. The molecule has 0 saturated carbocycles. The van der Waals surface area contributed by atoms with Gasteiger partial charge in [0.25, 0.3) is 0 Å². The van der Waals surface area contributed by atoms with E-state index >= 15 is 0 Å². The molecule has 2 nitrogen and oxygen atoms in total. The lowest BCUT2D eigenvalue weighted by molar-refractivity contribution is 0.153. The number of hydrogen-bond donors (Lipinski definition) is 2. The maximum absolute atomic E-state index is 12.8. The van der Waals surface area contributed by atoms with E-state index < -0.39 is 18.0 Å². The molecule has 72 valence electrons. The lowest BCUT2D eigenvalue weighted by Crippen LogP contribution is -2.24. The molecule has 0 spiro atoms. The van der Waals surface area contributed by atoms with E-state index in [0.717, 1.165) is 0 Å². The first kappa shape index (κ1) is 10.4. The van der Waals surface area contributed by atoms with Crippen LogP contribution < -0.4 is 5.73 Å². The summed E-state index contributed by atoms with van der Waals surface area (Å²) < 4.78 is 12.8. The lowest BCUT2D eigenvalue weighted by Gasteiger charge is -2.15. The van der Waals surface area contributed by atoms with Crippen molar-refractivity contribution in [3.8, 4) is 0 Å². The van der Waals surface area contributed by atoms with Gasteiger partial charge in [-0.05, 0) is 25.1 Å². The largest absolute Gasteiger partial charge is 0.387 e. The summed E-state index contributed by atoms with van der Waals surface area (Å²) in [7, 11) is 0. The monoisotopic (exact) mass is 203 g/mol. The van der Waals surface area contributed by atoms with Crippen LogP contribution in [0.4, 0.5) is 4.39 Å². The van der Waals surface area contributed by atoms with Crippen LogP contribution in [0.1, 0.15) is 18.6 Å². The van der Waals surface area contributed by atoms with Crippen LogP contribution in [0.15, 0.2) is 18.2 Å². The van der Waals surface area contributed by atoms with Crippen LogP contribution in [0.5, 0.6) is 0 Å². The van der Waals surface area contributed by atoms with Gasteiger partial charge in [-0.2, -0.15) is 0 Å².